The van der Waals surface area contributed by atoms with Gasteiger partial charge >= 0.3 is 0 Å². The van der Waals surface area contributed by atoms with Crippen LogP contribution in [0.2, 0.25) is 0 Å². The standard InChI is InChI=1S/C18H13Br2S/c1-12-10-17(13-2-6-15(19)7-3-13)21-18(11-12)14-4-8-16(20)9-5-14/h2-11H,1H3/q+1. The van der Waals surface area contributed by atoms with Crippen molar-refractivity contribution in [2.75, 3.05) is 0 Å². The summed E-state index contributed by atoms with van der Waals surface area (Å²) in [7, 11) is 0. The summed E-state index contributed by atoms with van der Waals surface area (Å²) in [4.78, 5) is 2.58. The first-order valence-corrected chi connectivity index (χ1v) is 8.99. The summed E-state index contributed by atoms with van der Waals surface area (Å²) in [5, 5.41) is 0. The molecule has 0 aliphatic heterocycles. The van der Waals surface area contributed by atoms with Gasteiger partial charge in [0.05, 0.1) is 0 Å². The van der Waals surface area contributed by atoms with Crippen molar-refractivity contribution in [3.05, 3.63) is 75.2 Å². The normalized spacial score (nSPS) is 10.6. The average molecular weight is 421 g/mol. The van der Waals surface area contributed by atoms with E-state index in [2.05, 4.69) is 99.4 Å². The molecule has 0 saturated carbocycles. The van der Waals surface area contributed by atoms with Crippen LogP contribution in [-0.2, 0) is 0 Å². The number of halogens is 2. The molecular formula is C18H13Br2S+. The Bertz CT molecular complexity index is 698. The molecule has 3 aromatic rings. The molecule has 0 aliphatic rings. The fraction of sp³-hybridized carbons (Fsp3) is 0.0556. The van der Waals surface area contributed by atoms with Crippen molar-refractivity contribution < 1.29 is 0 Å². The zero-order valence-corrected chi connectivity index (χ0v) is 15.4. The molecule has 0 radical (unpaired) electrons. The van der Waals surface area contributed by atoms with Gasteiger partial charge in [-0.05, 0) is 61.0 Å². The van der Waals surface area contributed by atoms with Crippen LogP contribution < -0.4 is 0 Å². The Morgan fingerprint density at radius 2 is 1.05 bits per heavy atom. The molecule has 3 heteroatoms. The molecule has 21 heavy (non-hydrogen) atoms. The lowest BCUT2D eigenvalue weighted by Crippen LogP contribution is -1.81. The molecule has 0 fully saturated rings. The molecule has 1 heterocycles. The Kier molecular flexibility index (Phi) is 4.53. The third-order valence-corrected chi connectivity index (χ3v) is 5.40. The van der Waals surface area contributed by atoms with E-state index in [4.69, 9.17) is 0 Å². The van der Waals surface area contributed by atoms with Gasteiger partial charge in [0, 0.05) is 32.2 Å². The zero-order chi connectivity index (χ0) is 14.8. The molecule has 0 nitrogen and oxygen atoms in total. The highest BCUT2D eigenvalue weighted by molar-refractivity contribution is 9.10. The molecule has 1 aromatic heterocycles. The molecular weight excluding hydrogens is 408 g/mol. The molecule has 0 saturated heterocycles. The Labute approximate surface area is 145 Å². The number of hydrogen-bond donors (Lipinski definition) is 0. The molecule has 3 rings (SSSR count). The third-order valence-electron chi connectivity index (χ3n) is 3.19. The van der Waals surface area contributed by atoms with Crippen LogP contribution in [0.5, 0.6) is 0 Å². The minimum Gasteiger partial charge on any atom is -0.0508 e. The van der Waals surface area contributed by atoms with Crippen LogP contribution in [0.4, 0.5) is 0 Å². The van der Waals surface area contributed by atoms with E-state index >= 15 is 0 Å². The van der Waals surface area contributed by atoms with Crippen molar-refractivity contribution in [3.63, 3.8) is 0 Å². The van der Waals surface area contributed by atoms with Gasteiger partial charge in [0.1, 0.15) is 0 Å². The van der Waals surface area contributed by atoms with Gasteiger partial charge in [-0.25, -0.2) is 0 Å². The van der Waals surface area contributed by atoms with E-state index in [0.29, 0.717) is 0 Å². The van der Waals surface area contributed by atoms with Gasteiger partial charge in [0.25, 0.3) is 0 Å². The lowest BCUT2D eigenvalue weighted by atomic mass is 10.1. The van der Waals surface area contributed by atoms with E-state index in [1.54, 1.807) is 0 Å². The minimum atomic E-state index is 1.11. The average Bonchev–Trinajstić information content (AvgIpc) is 2.48. The first-order valence-electron chi connectivity index (χ1n) is 6.58. The van der Waals surface area contributed by atoms with Crippen molar-refractivity contribution in [2.45, 2.75) is 6.92 Å². The summed E-state index contributed by atoms with van der Waals surface area (Å²) in [6.45, 7) is 2.15. The second-order valence-electron chi connectivity index (χ2n) is 4.88. The van der Waals surface area contributed by atoms with Crippen LogP contribution in [0.3, 0.4) is 0 Å². The maximum absolute atomic E-state index is 3.49. The monoisotopic (exact) mass is 419 g/mol. The van der Waals surface area contributed by atoms with Gasteiger partial charge in [-0.15, -0.1) is 0 Å². The highest BCUT2D eigenvalue weighted by Crippen LogP contribution is 2.34. The number of rotatable bonds is 2. The maximum Gasteiger partial charge on any atom is 0.238 e. The first-order chi connectivity index (χ1) is 10.1. The van der Waals surface area contributed by atoms with Crippen molar-refractivity contribution in [1.82, 2.24) is 0 Å². The number of aryl methyl sites for hydroxylation is 1. The molecule has 104 valence electrons. The summed E-state index contributed by atoms with van der Waals surface area (Å²) in [6, 6.07) is 21.5. The summed E-state index contributed by atoms with van der Waals surface area (Å²) < 4.78 is 2.22. The Morgan fingerprint density at radius 3 is 1.43 bits per heavy atom. The summed E-state index contributed by atoms with van der Waals surface area (Å²) in [6.07, 6.45) is 0. The van der Waals surface area contributed by atoms with Gasteiger partial charge in [-0.3, -0.25) is 0 Å². The number of benzene rings is 2. The molecule has 2 aromatic carbocycles. The quantitative estimate of drug-likeness (QED) is 0.384. The second kappa shape index (κ2) is 6.39. The minimum absolute atomic E-state index is 1.11. The largest absolute Gasteiger partial charge is 0.238 e. The van der Waals surface area contributed by atoms with Crippen molar-refractivity contribution in [1.29, 1.82) is 0 Å². The van der Waals surface area contributed by atoms with Crippen LogP contribution in [0.1, 0.15) is 5.56 Å². The second-order valence-corrected chi connectivity index (χ2v) is 7.79. The third kappa shape index (κ3) is 3.60. The van der Waals surface area contributed by atoms with Crippen molar-refractivity contribution >= 4 is 43.2 Å². The Balaban J connectivity index is 2.07. The maximum atomic E-state index is 3.49. The van der Waals surface area contributed by atoms with E-state index in [9.17, 15) is 0 Å². The molecule has 0 spiro atoms. The van der Waals surface area contributed by atoms with Gasteiger partial charge < -0.3 is 0 Å². The molecule has 0 N–H and O–H groups in total. The highest BCUT2D eigenvalue weighted by Gasteiger charge is 2.17. The zero-order valence-electron chi connectivity index (χ0n) is 11.4. The number of hydrogen-bond acceptors (Lipinski definition) is 0. The van der Waals surface area contributed by atoms with E-state index < -0.39 is 0 Å². The van der Waals surface area contributed by atoms with Gasteiger partial charge in [0.15, 0.2) is 0 Å². The van der Waals surface area contributed by atoms with Gasteiger partial charge in [-0.2, -0.15) is 0 Å². The van der Waals surface area contributed by atoms with Crippen LogP contribution in [0.15, 0.2) is 69.6 Å². The Hall–Kier alpha value is -1.03. The van der Waals surface area contributed by atoms with Gasteiger partial charge in [-0.1, -0.05) is 31.9 Å². The predicted molar refractivity (Wildman–Crippen MR) is 99.7 cm³/mol. The van der Waals surface area contributed by atoms with Gasteiger partial charge in [0.2, 0.25) is 21.1 Å². The lowest BCUT2D eigenvalue weighted by Gasteiger charge is -1.99. The van der Waals surface area contributed by atoms with E-state index in [0.717, 1.165) is 8.95 Å². The molecule has 0 unspecified atom stereocenters. The van der Waals surface area contributed by atoms with Crippen molar-refractivity contribution in [2.24, 2.45) is 0 Å². The summed E-state index contributed by atoms with van der Waals surface area (Å²) in [5.41, 5.74) is 3.79. The molecule has 0 aliphatic carbocycles. The van der Waals surface area contributed by atoms with E-state index in [1.807, 2.05) is 11.3 Å². The van der Waals surface area contributed by atoms with E-state index in [1.165, 1.54) is 26.4 Å². The van der Waals surface area contributed by atoms with Crippen LogP contribution in [-0.4, -0.2) is 0 Å². The van der Waals surface area contributed by atoms with Crippen LogP contribution in [0.25, 0.3) is 20.9 Å². The molecule has 0 amide bonds. The highest BCUT2D eigenvalue weighted by atomic mass is 79.9. The SMILES string of the molecule is Cc1cc(-c2ccc(Br)cc2)[s+]c(-c2ccc(Br)cc2)c1. The smallest absolute Gasteiger partial charge is 0.0508 e. The first kappa shape index (κ1) is 14.9. The molecule has 0 bridgehead atoms. The summed E-state index contributed by atoms with van der Waals surface area (Å²) in [5.74, 6) is 0. The van der Waals surface area contributed by atoms with Crippen LogP contribution >= 0.6 is 43.2 Å². The topological polar surface area (TPSA) is 0 Å². The molecule has 0 atom stereocenters. The predicted octanol–water partition coefficient (Wildman–Crippen LogP) is 7.20. The Morgan fingerprint density at radius 1 is 0.667 bits per heavy atom. The fourth-order valence-electron chi connectivity index (χ4n) is 2.15. The van der Waals surface area contributed by atoms with Crippen molar-refractivity contribution in [3.8, 4) is 20.9 Å². The summed E-state index contributed by atoms with van der Waals surface area (Å²) >= 11 is 8.80. The lowest BCUT2D eigenvalue weighted by molar-refractivity contribution is 1.50. The van der Waals surface area contributed by atoms with Crippen LogP contribution in [0, 0.1) is 6.92 Å². The fourth-order valence-corrected chi connectivity index (χ4v) is 3.91. The van der Waals surface area contributed by atoms with E-state index in [-0.39, 0.29) is 0 Å².